The van der Waals surface area contributed by atoms with Crippen molar-refractivity contribution in [3.8, 4) is 6.07 Å². The molecule has 5 nitrogen and oxygen atoms in total. The Morgan fingerprint density at radius 3 is 2.89 bits per heavy atom. The topological polar surface area (TPSA) is 65.4 Å². The smallest absolute Gasteiger partial charge is 0.251 e. The molecule has 0 aliphatic heterocycles. The molecule has 1 rings (SSSR count). The fraction of sp³-hybridized carbons (Fsp3) is 0.429. The van der Waals surface area contributed by atoms with Crippen LogP contribution < -0.4 is 5.32 Å². The Bertz CT molecular complexity index is 452. The quantitative estimate of drug-likeness (QED) is 0.740. The van der Waals surface area contributed by atoms with Crippen LogP contribution in [0.4, 0.5) is 0 Å². The zero-order valence-corrected chi connectivity index (χ0v) is 11.3. The van der Waals surface area contributed by atoms with Crippen LogP contribution in [0.25, 0.3) is 0 Å². The number of nitrogens with one attached hydrogen (secondary N) is 1. The first-order valence-corrected chi connectivity index (χ1v) is 6.14. The molecule has 0 atom stereocenters. The van der Waals surface area contributed by atoms with Crippen molar-refractivity contribution in [2.24, 2.45) is 0 Å². The number of likely N-dealkylation sites (N-methyl/N-ethyl adjacent to an activating group) is 1. The molecule has 0 saturated carbocycles. The first-order chi connectivity index (χ1) is 9.13. The van der Waals surface area contributed by atoms with Gasteiger partial charge in [-0.2, -0.15) is 5.26 Å². The molecule has 5 heteroatoms. The van der Waals surface area contributed by atoms with E-state index in [-0.39, 0.29) is 5.91 Å². The highest BCUT2D eigenvalue weighted by Gasteiger charge is 2.05. The van der Waals surface area contributed by atoms with Gasteiger partial charge >= 0.3 is 0 Å². The zero-order chi connectivity index (χ0) is 14.1. The predicted molar refractivity (Wildman–Crippen MR) is 72.9 cm³/mol. The average Bonchev–Trinajstić information content (AvgIpc) is 2.42. The minimum atomic E-state index is -0.187. The Morgan fingerprint density at radius 1 is 1.42 bits per heavy atom. The van der Waals surface area contributed by atoms with Crippen molar-refractivity contribution in [1.82, 2.24) is 10.2 Å². The van der Waals surface area contributed by atoms with E-state index >= 15 is 0 Å². The summed E-state index contributed by atoms with van der Waals surface area (Å²) in [5.41, 5.74) is 0.974. The maximum absolute atomic E-state index is 11.8. The molecule has 102 valence electrons. The Morgan fingerprint density at radius 2 is 2.21 bits per heavy atom. The van der Waals surface area contributed by atoms with Gasteiger partial charge in [0.15, 0.2) is 0 Å². The molecule has 0 bridgehead atoms. The van der Waals surface area contributed by atoms with Crippen LogP contribution in [0.15, 0.2) is 24.3 Å². The van der Waals surface area contributed by atoms with Crippen LogP contribution in [0.5, 0.6) is 0 Å². The van der Waals surface area contributed by atoms with Gasteiger partial charge in [0.1, 0.15) is 0 Å². The maximum Gasteiger partial charge on any atom is 0.251 e. The summed E-state index contributed by atoms with van der Waals surface area (Å²) in [7, 11) is 3.96. The summed E-state index contributed by atoms with van der Waals surface area (Å²) in [6.07, 6.45) is 0. The summed E-state index contributed by atoms with van der Waals surface area (Å²) in [5, 5.41) is 11.5. The number of carbonyl (C=O) groups excluding carboxylic acids is 1. The first kappa shape index (κ1) is 15.2. The van der Waals surface area contributed by atoms with Crippen molar-refractivity contribution in [1.29, 1.82) is 5.26 Å². The van der Waals surface area contributed by atoms with Gasteiger partial charge in [-0.15, -0.1) is 0 Å². The standard InChI is InChI=1S/C14H19N3O2/c1-17(2)7-9-19-8-6-16-14(18)13-5-3-4-12(10-13)11-15/h3-5,10H,6-9H2,1-2H3,(H,16,18). The molecule has 0 fully saturated rings. The van der Waals surface area contributed by atoms with E-state index in [1.165, 1.54) is 0 Å². The van der Waals surface area contributed by atoms with Gasteiger partial charge < -0.3 is 15.0 Å². The van der Waals surface area contributed by atoms with Crippen molar-refractivity contribution in [2.75, 3.05) is 40.4 Å². The van der Waals surface area contributed by atoms with Crippen molar-refractivity contribution in [3.63, 3.8) is 0 Å². The third kappa shape index (κ3) is 6.00. The highest BCUT2D eigenvalue weighted by atomic mass is 16.5. The third-order valence-electron chi connectivity index (χ3n) is 2.47. The van der Waals surface area contributed by atoms with E-state index in [9.17, 15) is 4.79 Å². The van der Waals surface area contributed by atoms with Gasteiger partial charge in [0.2, 0.25) is 0 Å². The Balaban J connectivity index is 2.26. The number of hydrogen-bond acceptors (Lipinski definition) is 4. The molecule has 0 saturated heterocycles. The number of benzene rings is 1. The summed E-state index contributed by atoms with van der Waals surface area (Å²) < 4.78 is 5.37. The van der Waals surface area contributed by atoms with Crippen LogP contribution in [0, 0.1) is 11.3 Å². The molecule has 1 aromatic carbocycles. The summed E-state index contributed by atoms with van der Waals surface area (Å²) in [6.45, 7) is 2.45. The van der Waals surface area contributed by atoms with E-state index in [0.29, 0.717) is 30.9 Å². The predicted octanol–water partition coefficient (Wildman–Crippen LogP) is 0.866. The lowest BCUT2D eigenvalue weighted by atomic mass is 10.1. The summed E-state index contributed by atoms with van der Waals surface area (Å²) in [4.78, 5) is 13.8. The summed E-state index contributed by atoms with van der Waals surface area (Å²) >= 11 is 0. The van der Waals surface area contributed by atoms with E-state index in [1.54, 1.807) is 24.3 Å². The number of nitriles is 1. The lowest BCUT2D eigenvalue weighted by molar-refractivity contribution is 0.0900. The number of rotatable bonds is 7. The van der Waals surface area contributed by atoms with Gasteiger partial charge in [0, 0.05) is 18.7 Å². The van der Waals surface area contributed by atoms with Crippen molar-refractivity contribution < 1.29 is 9.53 Å². The lowest BCUT2D eigenvalue weighted by Crippen LogP contribution is -2.28. The fourth-order valence-corrected chi connectivity index (χ4v) is 1.42. The molecule has 1 aromatic rings. The van der Waals surface area contributed by atoms with E-state index < -0.39 is 0 Å². The molecule has 0 unspecified atom stereocenters. The van der Waals surface area contributed by atoms with Crippen LogP contribution >= 0.6 is 0 Å². The largest absolute Gasteiger partial charge is 0.378 e. The number of amides is 1. The third-order valence-corrected chi connectivity index (χ3v) is 2.47. The van der Waals surface area contributed by atoms with Gasteiger partial charge in [-0.05, 0) is 32.3 Å². The highest BCUT2D eigenvalue weighted by Crippen LogP contribution is 2.03. The molecular weight excluding hydrogens is 242 g/mol. The second-order valence-electron chi connectivity index (χ2n) is 4.36. The first-order valence-electron chi connectivity index (χ1n) is 6.14. The second-order valence-corrected chi connectivity index (χ2v) is 4.36. The molecule has 0 spiro atoms. The number of carbonyl (C=O) groups is 1. The van der Waals surface area contributed by atoms with Gasteiger partial charge in [0.05, 0.1) is 24.8 Å². The van der Waals surface area contributed by atoms with Crippen LogP contribution in [-0.2, 0) is 4.74 Å². The van der Waals surface area contributed by atoms with E-state index in [4.69, 9.17) is 10.00 Å². The van der Waals surface area contributed by atoms with Crippen molar-refractivity contribution in [3.05, 3.63) is 35.4 Å². The van der Waals surface area contributed by atoms with Crippen molar-refractivity contribution in [2.45, 2.75) is 0 Å². The lowest BCUT2D eigenvalue weighted by Gasteiger charge is -2.10. The highest BCUT2D eigenvalue weighted by molar-refractivity contribution is 5.94. The molecule has 0 radical (unpaired) electrons. The van der Waals surface area contributed by atoms with Gasteiger partial charge in [-0.3, -0.25) is 4.79 Å². The van der Waals surface area contributed by atoms with Gasteiger partial charge in [0.25, 0.3) is 5.91 Å². The van der Waals surface area contributed by atoms with Crippen molar-refractivity contribution >= 4 is 5.91 Å². The minimum absolute atomic E-state index is 0.187. The number of nitrogens with zero attached hydrogens (tertiary/aromatic N) is 2. The van der Waals surface area contributed by atoms with Crippen LogP contribution in [0.1, 0.15) is 15.9 Å². The molecular formula is C14H19N3O2. The molecule has 0 heterocycles. The molecule has 19 heavy (non-hydrogen) atoms. The Hall–Kier alpha value is -1.90. The number of hydrogen-bond donors (Lipinski definition) is 1. The fourth-order valence-electron chi connectivity index (χ4n) is 1.42. The minimum Gasteiger partial charge on any atom is -0.378 e. The summed E-state index contributed by atoms with van der Waals surface area (Å²) in [6, 6.07) is 8.63. The molecule has 1 N–H and O–H groups in total. The average molecular weight is 261 g/mol. The van der Waals surface area contributed by atoms with Crippen LogP contribution in [0.3, 0.4) is 0 Å². The Kier molecular flexibility index (Phi) is 6.58. The van der Waals surface area contributed by atoms with E-state index in [0.717, 1.165) is 6.54 Å². The monoisotopic (exact) mass is 261 g/mol. The summed E-state index contributed by atoms with van der Waals surface area (Å²) in [5.74, 6) is -0.187. The van der Waals surface area contributed by atoms with Crippen LogP contribution in [0.2, 0.25) is 0 Å². The van der Waals surface area contributed by atoms with Gasteiger partial charge in [-0.1, -0.05) is 6.07 Å². The maximum atomic E-state index is 11.8. The normalized spacial score (nSPS) is 10.2. The molecule has 0 aliphatic carbocycles. The van der Waals surface area contributed by atoms with Crippen LogP contribution in [-0.4, -0.2) is 51.2 Å². The molecule has 0 aliphatic rings. The molecule has 0 aromatic heterocycles. The van der Waals surface area contributed by atoms with E-state index in [1.807, 2.05) is 25.1 Å². The molecule has 1 amide bonds. The van der Waals surface area contributed by atoms with E-state index in [2.05, 4.69) is 5.32 Å². The van der Waals surface area contributed by atoms with Gasteiger partial charge in [-0.25, -0.2) is 0 Å². The number of ether oxygens (including phenoxy) is 1. The Labute approximate surface area is 113 Å². The second kappa shape index (κ2) is 8.25. The zero-order valence-electron chi connectivity index (χ0n) is 11.3. The SMILES string of the molecule is CN(C)CCOCCNC(=O)c1cccc(C#N)c1.